The average molecular weight is 311 g/mol. The molecule has 1 aromatic carbocycles. The van der Waals surface area contributed by atoms with Crippen molar-refractivity contribution in [2.75, 3.05) is 0 Å². The van der Waals surface area contributed by atoms with Gasteiger partial charge in [0.05, 0.1) is 29.3 Å². The lowest BCUT2D eigenvalue weighted by molar-refractivity contribution is -0.136. The molecule has 0 saturated heterocycles. The molecule has 0 saturated carbocycles. The summed E-state index contributed by atoms with van der Waals surface area (Å²) < 4.78 is 7.22. The van der Waals surface area contributed by atoms with Crippen molar-refractivity contribution in [1.29, 1.82) is 0 Å². The first-order chi connectivity index (χ1) is 9.92. The molecule has 112 valence electrons. The van der Waals surface area contributed by atoms with Gasteiger partial charge in [-0.1, -0.05) is 17.7 Å². The lowest BCUT2D eigenvalue weighted by Crippen LogP contribution is -2.01. The van der Waals surface area contributed by atoms with Gasteiger partial charge in [0.1, 0.15) is 5.75 Å². The minimum atomic E-state index is -0.926. The summed E-state index contributed by atoms with van der Waals surface area (Å²) in [6.07, 6.45) is -0.104. The predicted octanol–water partition coefficient (Wildman–Crippen LogP) is 2.29. The average Bonchev–Trinajstić information content (AvgIpc) is 2.66. The Labute approximate surface area is 126 Å². The number of hydrogen-bond acceptors (Lipinski definition) is 4. The van der Waals surface area contributed by atoms with Crippen molar-refractivity contribution in [2.24, 2.45) is 7.05 Å². The lowest BCUT2D eigenvalue weighted by Gasteiger charge is -2.10. The quantitative estimate of drug-likeness (QED) is 0.885. The Morgan fingerprint density at radius 2 is 2.19 bits per heavy atom. The number of carboxylic acids is 1. The third-order valence-corrected chi connectivity index (χ3v) is 3.30. The summed E-state index contributed by atoms with van der Waals surface area (Å²) in [5, 5.41) is 22.6. The lowest BCUT2D eigenvalue weighted by atomic mass is 10.1. The Bertz CT molecular complexity index is 682. The van der Waals surface area contributed by atoms with Gasteiger partial charge >= 0.3 is 5.97 Å². The maximum absolute atomic E-state index is 10.7. The van der Waals surface area contributed by atoms with Crippen molar-refractivity contribution < 1.29 is 19.7 Å². The van der Waals surface area contributed by atoms with Crippen LogP contribution in [-0.2, 0) is 24.9 Å². The van der Waals surface area contributed by atoms with E-state index in [2.05, 4.69) is 5.10 Å². The summed E-state index contributed by atoms with van der Waals surface area (Å²) in [6, 6.07) is 4.79. The van der Waals surface area contributed by atoms with E-state index in [1.165, 1.54) is 4.68 Å². The van der Waals surface area contributed by atoms with Crippen molar-refractivity contribution in [2.45, 2.75) is 20.0 Å². The molecule has 0 spiro atoms. The fraction of sp³-hybridized carbons (Fsp3) is 0.286. The summed E-state index contributed by atoms with van der Waals surface area (Å²) >= 11 is 6.11. The van der Waals surface area contributed by atoms with Crippen molar-refractivity contribution in [3.05, 3.63) is 40.0 Å². The minimum Gasteiger partial charge on any atom is -0.481 e. The van der Waals surface area contributed by atoms with Crippen LogP contribution < -0.4 is 4.74 Å². The molecule has 2 aromatic rings. The van der Waals surface area contributed by atoms with Crippen molar-refractivity contribution >= 4 is 17.6 Å². The van der Waals surface area contributed by atoms with Gasteiger partial charge in [-0.2, -0.15) is 5.10 Å². The molecule has 2 N–H and O–H groups in total. The highest BCUT2D eigenvalue weighted by atomic mass is 35.5. The van der Waals surface area contributed by atoms with E-state index >= 15 is 0 Å². The molecule has 0 aliphatic rings. The summed E-state index contributed by atoms with van der Waals surface area (Å²) in [5.74, 6) is -0.143. The van der Waals surface area contributed by atoms with Crippen molar-refractivity contribution in [3.8, 4) is 11.6 Å². The number of nitrogens with zero attached hydrogens (tertiary/aromatic N) is 2. The van der Waals surface area contributed by atoms with E-state index in [-0.39, 0.29) is 13.0 Å². The molecule has 0 aliphatic heterocycles. The SMILES string of the molecule is Cc1nn(C)c(Oc2ccc(CC(=O)O)cc2Cl)c1CO. The topological polar surface area (TPSA) is 84.6 Å². The van der Waals surface area contributed by atoms with Crippen LogP contribution in [0.2, 0.25) is 5.02 Å². The highest BCUT2D eigenvalue weighted by Gasteiger charge is 2.16. The Kier molecular flexibility index (Phi) is 4.50. The molecule has 0 amide bonds. The van der Waals surface area contributed by atoms with Gasteiger partial charge in [-0.3, -0.25) is 4.79 Å². The molecular formula is C14H15ClN2O4. The number of hydrogen-bond donors (Lipinski definition) is 2. The van der Waals surface area contributed by atoms with Gasteiger partial charge in [-0.05, 0) is 24.6 Å². The second kappa shape index (κ2) is 6.15. The third-order valence-electron chi connectivity index (χ3n) is 3.01. The van der Waals surface area contributed by atoms with E-state index in [9.17, 15) is 9.90 Å². The number of aliphatic carboxylic acids is 1. The van der Waals surface area contributed by atoms with E-state index in [0.29, 0.717) is 33.5 Å². The molecule has 6 nitrogen and oxygen atoms in total. The van der Waals surface area contributed by atoms with E-state index < -0.39 is 5.97 Å². The maximum Gasteiger partial charge on any atom is 0.307 e. The summed E-state index contributed by atoms with van der Waals surface area (Å²) in [4.78, 5) is 10.7. The van der Waals surface area contributed by atoms with Gasteiger partial charge in [0.25, 0.3) is 0 Å². The molecule has 0 fully saturated rings. The van der Waals surface area contributed by atoms with Crippen LogP contribution >= 0.6 is 11.6 Å². The number of carboxylic acid groups (broad SMARTS) is 1. The van der Waals surface area contributed by atoms with Crippen molar-refractivity contribution in [1.82, 2.24) is 9.78 Å². The number of rotatable bonds is 5. The number of aromatic nitrogens is 2. The monoisotopic (exact) mass is 310 g/mol. The zero-order valence-corrected chi connectivity index (χ0v) is 12.4. The Hall–Kier alpha value is -2.05. The van der Waals surface area contributed by atoms with Gasteiger partial charge in [0.2, 0.25) is 5.88 Å². The molecule has 0 atom stereocenters. The van der Waals surface area contributed by atoms with Crippen LogP contribution in [0.15, 0.2) is 18.2 Å². The molecule has 1 aromatic heterocycles. The largest absolute Gasteiger partial charge is 0.481 e. The Morgan fingerprint density at radius 3 is 2.76 bits per heavy atom. The fourth-order valence-corrected chi connectivity index (χ4v) is 2.25. The number of carbonyl (C=O) groups is 1. The molecule has 0 radical (unpaired) electrons. The van der Waals surface area contributed by atoms with Gasteiger partial charge in [0.15, 0.2) is 0 Å². The first kappa shape index (κ1) is 15.3. The number of aliphatic hydroxyl groups is 1. The molecule has 2 rings (SSSR count). The van der Waals surface area contributed by atoms with Gasteiger partial charge in [0, 0.05) is 7.05 Å². The molecule has 1 heterocycles. The van der Waals surface area contributed by atoms with Gasteiger partial charge < -0.3 is 14.9 Å². The third kappa shape index (κ3) is 3.34. The van der Waals surface area contributed by atoms with Crippen LogP contribution in [0.1, 0.15) is 16.8 Å². The first-order valence-corrected chi connectivity index (χ1v) is 6.61. The molecule has 7 heteroatoms. The van der Waals surface area contributed by atoms with Gasteiger partial charge in [-0.15, -0.1) is 0 Å². The standard InChI is InChI=1S/C14H15ClN2O4/c1-8-10(7-18)14(17(2)16-8)21-12-4-3-9(5-11(12)15)6-13(19)20/h3-5,18H,6-7H2,1-2H3,(H,19,20). The molecule has 0 unspecified atom stereocenters. The summed E-state index contributed by atoms with van der Waals surface area (Å²) in [6.45, 7) is 1.58. The van der Waals surface area contributed by atoms with E-state index in [4.69, 9.17) is 21.4 Å². The van der Waals surface area contributed by atoms with Crippen LogP contribution in [0.25, 0.3) is 0 Å². The van der Waals surface area contributed by atoms with Crippen LogP contribution in [0.3, 0.4) is 0 Å². The number of aryl methyl sites for hydroxylation is 2. The second-order valence-electron chi connectivity index (χ2n) is 4.59. The molecule has 21 heavy (non-hydrogen) atoms. The van der Waals surface area contributed by atoms with E-state index in [1.807, 2.05) is 0 Å². The Balaban J connectivity index is 2.30. The summed E-state index contributed by atoms with van der Waals surface area (Å²) in [5.41, 5.74) is 1.85. The minimum absolute atomic E-state index is 0.104. The van der Waals surface area contributed by atoms with Crippen molar-refractivity contribution in [3.63, 3.8) is 0 Å². The molecular weight excluding hydrogens is 296 g/mol. The second-order valence-corrected chi connectivity index (χ2v) is 5.00. The maximum atomic E-state index is 10.7. The first-order valence-electron chi connectivity index (χ1n) is 6.23. The normalized spacial score (nSPS) is 10.7. The Morgan fingerprint density at radius 1 is 1.48 bits per heavy atom. The number of aliphatic hydroxyl groups excluding tert-OH is 1. The molecule has 0 aliphatic carbocycles. The zero-order chi connectivity index (χ0) is 15.6. The van der Waals surface area contributed by atoms with Crippen LogP contribution in [-0.4, -0.2) is 26.0 Å². The highest BCUT2D eigenvalue weighted by molar-refractivity contribution is 6.32. The summed E-state index contributed by atoms with van der Waals surface area (Å²) in [7, 11) is 1.70. The van der Waals surface area contributed by atoms with Crippen LogP contribution in [0, 0.1) is 6.92 Å². The smallest absolute Gasteiger partial charge is 0.307 e. The van der Waals surface area contributed by atoms with Crippen LogP contribution in [0.4, 0.5) is 0 Å². The van der Waals surface area contributed by atoms with E-state index in [1.54, 1.807) is 32.2 Å². The van der Waals surface area contributed by atoms with Gasteiger partial charge in [-0.25, -0.2) is 4.68 Å². The predicted molar refractivity (Wildman–Crippen MR) is 76.7 cm³/mol. The molecule has 0 bridgehead atoms. The number of ether oxygens (including phenoxy) is 1. The van der Waals surface area contributed by atoms with E-state index in [0.717, 1.165) is 0 Å². The number of benzene rings is 1. The zero-order valence-electron chi connectivity index (χ0n) is 11.6. The number of halogens is 1. The van der Waals surface area contributed by atoms with Crippen LogP contribution in [0.5, 0.6) is 11.6 Å². The highest BCUT2D eigenvalue weighted by Crippen LogP contribution is 2.32. The fourth-order valence-electron chi connectivity index (χ4n) is 2.01.